The van der Waals surface area contributed by atoms with E-state index in [1.54, 1.807) is 13.0 Å². The van der Waals surface area contributed by atoms with Crippen molar-refractivity contribution < 1.29 is 23.5 Å². The molecule has 0 saturated carbocycles. The van der Waals surface area contributed by atoms with Crippen LogP contribution in [0.5, 0.6) is 0 Å². The predicted molar refractivity (Wildman–Crippen MR) is 109 cm³/mol. The second kappa shape index (κ2) is 7.46. The first-order valence-electron chi connectivity index (χ1n) is 9.05. The second-order valence-corrected chi connectivity index (χ2v) is 8.02. The number of thiazole rings is 1. The molecule has 0 radical (unpaired) electrons. The molecule has 1 aliphatic heterocycles. The number of aromatic nitrogens is 1. The van der Waals surface area contributed by atoms with Crippen LogP contribution in [0.15, 0.2) is 54.1 Å². The third kappa shape index (κ3) is 3.19. The van der Waals surface area contributed by atoms with Crippen LogP contribution in [0.25, 0.3) is 5.76 Å². The summed E-state index contributed by atoms with van der Waals surface area (Å²) in [5, 5.41) is 11.1. The Balaban J connectivity index is 1.97. The maximum absolute atomic E-state index is 14.7. The topological polar surface area (TPSA) is 70.5 Å². The Hall–Kier alpha value is -3.39. The molecule has 0 unspecified atom stereocenters. The molecule has 1 fully saturated rings. The van der Waals surface area contributed by atoms with E-state index >= 15 is 0 Å². The first-order chi connectivity index (χ1) is 14.3. The molecule has 152 valence electrons. The minimum Gasteiger partial charge on any atom is -0.507 e. The molecule has 4 rings (SSSR count). The molecule has 2 heterocycles. The van der Waals surface area contributed by atoms with Crippen LogP contribution in [-0.2, 0) is 9.59 Å². The Labute approximate surface area is 174 Å². The van der Waals surface area contributed by atoms with E-state index in [-0.39, 0.29) is 21.8 Å². The minimum atomic E-state index is -1.21. The number of carbonyl (C=O) groups excluding carboxylic acids is 2. The van der Waals surface area contributed by atoms with Gasteiger partial charge in [0.2, 0.25) is 0 Å². The summed E-state index contributed by atoms with van der Waals surface area (Å²) in [6.45, 7) is 3.59. The van der Waals surface area contributed by atoms with Gasteiger partial charge in [-0.3, -0.25) is 14.5 Å². The Kier molecular flexibility index (Phi) is 4.95. The minimum absolute atomic E-state index is 0.0471. The van der Waals surface area contributed by atoms with E-state index in [1.807, 2.05) is 6.92 Å². The monoisotopic (exact) mass is 426 g/mol. The number of rotatable bonds is 3. The fraction of sp³-hybridized carbons (Fsp3) is 0.136. The fourth-order valence-corrected chi connectivity index (χ4v) is 4.28. The Morgan fingerprint density at radius 3 is 2.33 bits per heavy atom. The van der Waals surface area contributed by atoms with Crippen molar-refractivity contribution in [3.05, 3.63) is 87.4 Å². The van der Waals surface area contributed by atoms with E-state index < -0.39 is 35.1 Å². The summed E-state index contributed by atoms with van der Waals surface area (Å²) in [5.74, 6) is -3.54. The summed E-state index contributed by atoms with van der Waals surface area (Å²) in [6.07, 6.45) is 0. The van der Waals surface area contributed by atoms with Crippen LogP contribution in [0.3, 0.4) is 0 Å². The van der Waals surface area contributed by atoms with E-state index in [2.05, 4.69) is 4.98 Å². The lowest BCUT2D eigenvalue weighted by Crippen LogP contribution is -2.29. The lowest BCUT2D eigenvalue weighted by Gasteiger charge is -2.23. The van der Waals surface area contributed by atoms with Crippen molar-refractivity contribution in [1.82, 2.24) is 4.98 Å². The SMILES string of the molecule is Cc1nc(N2C(=O)C(=O)C(=C(O)c3ccc(F)cc3)[C@H]2c2ccccc2F)sc1C. The van der Waals surface area contributed by atoms with Crippen LogP contribution < -0.4 is 4.90 Å². The number of amides is 1. The number of aliphatic hydroxyl groups excluding tert-OH is 1. The van der Waals surface area contributed by atoms with E-state index in [0.717, 1.165) is 21.9 Å². The third-order valence-corrected chi connectivity index (χ3v) is 6.06. The number of nitrogens with zero attached hydrogens (tertiary/aromatic N) is 2. The average molecular weight is 426 g/mol. The number of hydrogen-bond acceptors (Lipinski definition) is 5. The molecular weight excluding hydrogens is 410 g/mol. The zero-order chi connectivity index (χ0) is 21.6. The molecule has 1 aromatic heterocycles. The number of carbonyl (C=O) groups is 2. The molecule has 0 spiro atoms. The van der Waals surface area contributed by atoms with Gasteiger partial charge in [0.1, 0.15) is 23.4 Å². The van der Waals surface area contributed by atoms with E-state index in [0.29, 0.717) is 5.69 Å². The number of Topliss-reactive ketones (excluding diaryl/α,β-unsaturated/α-hetero) is 1. The first-order valence-corrected chi connectivity index (χ1v) is 9.86. The highest BCUT2D eigenvalue weighted by molar-refractivity contribution is 7.16. The van der Waals surface area contributed by atoms with Gasteiger partial charge in [0.05, 0.1) is 11.3 Å². The van der Waals surface area contributed by atoms with Gasteiger partial charge >= 0.3 is 5.91 Å². The lowest BCUT2D eigenvalue weighted by molar-refractivity contribution is -0.132. The number of aryl methyl sites for hydroxylation is 2. The van der Waals surface area contributed by atoms with Crippen molar-refractivity contribution >= 4 is 33.9 Å². The van der Waals surface area contributed by atoms with Crippen molar-refractivity contribution in [3.63, 3.8) is 0 Å². The lowest BCUT2D eigenvalue weighted by atomic mass is 9.95. The van der Waals surface area contributed by atoms with Gasteiger partial charge in [0, 0.05) is 16.0 Å². The summed E-state index contributed by atoms with van der Waals surface area (Å²) < 4.78 is 28.0. The van der Waals surface area contributed by atoms with Crippen LogP contribution in [0.1, 0.15) is 27.7 Å². The quantitative estimate of drug-likeness (QED) is 0.376. The van der Waals surface area contributed by atoms with Crippen molar-refractivity contribution in [2.75, 3.05) is 4.90 Å². The van der Waals surface area contributed by atoms with Crippen molar-refractivity contribution in [1.29, 1.82) is 0 Å². The Morgan fingerprint density at radius 1 is 1.07 bits per heavy atom. The molecule has 3 aromatic rings. The highest BCUT2D eigenvalue weighted by atomic mass is 32.1. The first kappa shape index (κ1) is 19.9. The predicted octanol–water partition coefficient (Wildman–Crippen LogP) is 4.66. The van der Waals surface area contributed by atoms with Crippen molar-refractivity contribution in [2.45, 2.75) is 19.9 Å². The van der Waals surface area contributed by atoms with Gasteiger partial charge in [0.15, 0.2) is 5.13 Å². The van der Waals surface area contributed by atoms with Gasteiger partial charge < -0.3 is 5.11 Å². The van der Waals surface area contributed by atoms with Gasteiger partial charge in [-0.05, 0) is 44.2 Å². The summed E-state index contributed by atoms with van der Waals surface area (Å²) >= 11 is 1.20. The van der Waals surface area contributed by atoms with Gasteiger partial charge in [0.25, 0.3) is 5.78 Å². The highest BCUT2D eigenvalue weighted by Crippen LogP contribution is 2.44. The maximum atomic E-state index is 14.7. The zero-order valence-electron chi connectivity index (χ0n) is 16.0. The van der Waals surface area contributed by atoms with E-state index in [4.69, 9.17) is 0 Å². The fourth-order valence-electron chi connectivity index (χ4n) is 3.34. The molecule has 0 bridgehead atoms. The molecule has 1 aliphatic rings. The van der Waals surface area contributed by atoms with Crippen LogP contribution in [0, 0.1) is 25.5 Å². The van der Waals surface area contributed by atoms with Crippen LogP contribution in [0.4, 0.5) is 13.9 Å². The van der Waals surface area contributed by atoms with E-state index in [1.165, 1.54) is 41.7 Å². The summed E-state index contributed by atoms with van der Waals surface area (Å²) in [5.41, 5.74) is 0.595. The van der Waals surface area contributed by atoms with Crippen molar-refractivity contribution in [2.24, 2.45) is 0 Å². The van der Waals surface area contributed by atoms with E-state index in [9.17, 15) is 23.5 Å². The maximum Gasteiger partial charge on any atom is 0.301 e. The van der Waals surface area contributed by atoms with Gasteiger partial charge in [-0.1, -0.05) is 18.2 Å². The number of benzene rings is 2. The molecule has 1 atom stereocenters. The summed E-state index contributed by atoms with van der Waals surface area (Å²) in [4.78, 5) is 32.2. The molecule has 5 nitrogen and oxygen atoms in total. The van der Waals surface area contributed by atoms with Crippen LogP contribution in [-0.4, -0.2) is 21.8 Å². The number of ketones is 1. The molecule has 1 saturated heterocycles. The third-order valence-electron chi connectivity index (χ3n) is 4.99. The highest BCUT2D eigenvalue weighted by Gasteiger charge is 2.49. The number of aliphatic hydroxyl groups is 1. The molecule has 2 aromatic carbocycles. The van der Waals surface area contributed by atoms with Crippen LogP contribution in [0.2, 0.25) is 0 Å². The molecule has 1 amide bonds. The molecule has 8 heteroatoms. The molecular formula is C22H16F2N2O3S. The average Bonchev–Trinajstić information content (AvgIpc) is 3.18. The molecule has 1 N–H and O–H groups in total. The Bertz CT molecular complexity index is 1180. The number of hydrogen-bond donors (Lipinski definition) is 1. The summed E-state index contributed by atoms with van der Waals surface area (Å²) in [7, 11) is 0. The smallest absolute Gasteiger partial charge is 0.301 e. The molecule has 30 heavy (non-hydrogen) atoms. The summed E-state index contributed by atoms with van der Waals surface area (Å²) in [6, 6.07) is 9.34. The molecule has 0 aliphatic carbocycles. The Morgan fingerprint density at radius 2 is 1.73 bits per heavy atom. The van der Waals surface area contributed by atoms with Crippen molar-refractivity contribution in [3.8, 4) is 0 Å². The number of anilines is 1. The largest absolute Gasteiger partial charge is 0.507 e. The zero-order valence-corrected chi connectivity index (χ0v) is 16.8. The standard InChI is InChI=1S/C22H16F2N2O3S/c1-11-12(2)30-22(25-11)26-18(15-5-3-4-6-16(15)24)17(20(28)21(26)29)19(27)13-7-9-14(23)10-8-13/h3-10,18,27H,1-2H3/t18-/m1/s1. The van der Waals surface area contributed by atoms with Gasteiger partial charge in [-0.25, -0.2) is 13.8 Å². The second-order valence-electron chi connectivity index (χ2n) is 6.84. The van der Waals surface area contributed by atoms with Crippen LogP contribution >= 0.6 is 11.3 Å². The van der Waals surface area contributed by atoms with Gasteiger partial charge in [-0.15, -0.1) is 11.3 Å². The normalized spacial score (nSPS) is 18.3. The van der Waals surface area contributed by atoms with Gasteiger partial charge in [-0.2, -0.15) is 0 Å². The number of halogens is 2.